The van der Waals surface area contributed by atoms with Crippen molar-refractivity contribution in [1.29, 1.82) is 0 Å². The molecule has 0 aliphatic carbocycles. The second-order valence-corrected chi connectivity index (χ2v) is 6.92. The minimum Gasteiger partial charge on any atom is -0.316 e. The fourth-order valence-electron chi connectivity index (χ4n) is 2.03. The monoisotopic (exact) mass is 318 g/mol. The van der Waals surface area contributed by atoms with Crippen molar-refractivity contribution in [3.8, 4) is 0 Å². The van der Waals surface area contributed by atoms with E-state index in [-0.39, 0.29) is 10.9 Å². The fraction of sp³-hybridized carbons (Fsp3) is 0.571. The van der Waals surface area contributed by atoms with E-state index in [9.17, 15) is 8.42 Å². The van der Waals surface area contributed by atoms with Crippen LogP contribution in [0, 0.1) is 0 Å². The van der Waals surface area contributed by atoms with E-state index in [1.165, 1.54) is 0 Å². The Kier molecular flexibility index (Phi) is 6.95. The highest BCUT2D eigenvalue weighted by atomic mass is 35.5. The molecule has 114 valence electrons. The summed E-state index contributed by atoms with van der Waals surface area (Å²) in [5.74, 6) is 0. The third-order valence-corrected chi connectivity index (χ3v) is 5.03. The number of nitrogens with one attached hydrogen (secondary N) is 2. The van der Waals surface area contributed by atoms with Crippen LogP contribution in [-0.4, -0.2) is 21.5 Å². The Labute approximate surface area is 127 Å². The SMILES string of the molecule is CCCC(CC)NS(=O)(=O)c1ccc(Cl)c(CNC)c1. The van der Waals surface area contributed by atoms with Crippen LogP contribution in [0.15, 0.2) is 23.1 Å². The minimum absolute atomic E-state index is 0.0200. The predicted octanol–water partition coefficient (Wildman–Crippen LogP) is 2.92. The molecular formula is C14H23ClN2O2S. The average Bonchev–Trinajstić information content (AvgIpc) is 2.40. The normalized spacial score (nSPS) is 13.4. The Bertz CT molecular complexity index is 532. The molecule has 0 spiro atoms. The van der Waals surface area contributed by atoms with Gasteiger partial charge in [0, 0.05) is 17.6 Å². The molecule has 0 heterocycles. The van der Waals surface area contributed by atoms with E-state index in [1.807, 2.05) is 13.8 Å². The Morgan fingerprint density at radius 2 is 2.00 bits per heavy atom. The molecule has 1 atom stereocenters. The molecule has 0 saturated carbocycles. The second-order valence-electron chi connectivity index (χ2n) is 4.80. The highest BCUT2D eigenvalue weighted by Crippen LogP contribution is 2.21. The molecule has 4 nitrogen and oxygen atoms in total. The molecule has 1 aromatic rings. The van der Waals surface area contributed by atoms with E-state index >= 15 is 0 Å². The molecule has 2 N–H and O–H groups in total. The van der Waals surface area contributed by atoms with Crippen LogP contribution in [0.5, 0.6) is 0 Å². The third kappa shape index (κ3) is 4.74. The van der Waals surface area contributed by atoms with Crippen molar-refractivity contribution in [3.63, 3.8) is 0 Å². The van der Waals surface area contributed by atoms with Gasteiger partial charge in [0.05, 0.1) is 4.90 Å². The predicted molar refractivity (Wildman–Crippen MR) is 83.5 cm³/mol. The molecule has 20 heavy (non-hydrogen) atoms. The van der Waals surface area contributed by atoms with Crippen LogP contribution in [0.3, 0.4) is 0 Å². The van der Waals surface area contributed by atoms with Crippen LogP contribution in [0.4, 0.5) is 0 Å². The zero-order valence-electron chi connectivity index (χ0n) is 12.2. The zero-order chi connectivity index (χ0) is 15.2. The summed E-state index contributed by atoms with van der Waals surface area (Å²) in [6.07, 6.45) is 2.57. The van der Waals surface area contributed by atoms with E-state index in [2.05, 4.69) is 10.0 Å². The maximum atomic E-state index is 12.4. The van der Waals surface area contributed by atoms with Crippen molar-refractivity contribution in [1.82, 2.24) is 10.0 Å². The van der Waals surface area contributed by atoms with Gasteiger partial charge >= 0.3 is 0 Å². The lowest BCUT2D eigenvalue weighted by Crippen LogP contribution is -2.34. The topological polar surface area (TPSA) is 58.2 Å². The van der Waals surface area contributed by atoms with Crippen molar-refractivity contribution in [2.75, 3.05) is 7.05 Å². The number of hydrogen-bond donors (Lipinski definition) is 2. The molecule has 0 saturated heterocycles. The number of halogens is 1. The van der Waals surface area contributed by atoms with E-state index in [0.717, 1.165) is 24.8 Å². The smallest absolute Gasteiger partial charge is 0.240 e. The van der Waals surface area contributed by atoms with Crippen molar-refractivity contribution in [3.05, 3.63) is 28.8 Å². The standard InChI is InChI=1S/C14H23ClN2O2S/c1-4-6-12(5-2)17-20(18,19)13-7-8-14(15)11(9-13)10-16-3/h7-9,12,16-17H,4-6,10H2,1-3H3. The molecule has 0 bridgehead atoms. The lowest BCUT2D eigenvalue weighted by atomic mass is 10.1. The molecule has 0 aliphatic rings. The summed E-state index contributed by atoms with van der Waals surface area (Å²) >= 11 is 6.05. The molecule has 0 fully saturated rings. The Balaban J connectivity index is 3.00. The third-order valence-electron chi connectivity index (χ3n) is 3.15. The van der Waals surface area contributed by atoms with Gasteiger partial charge in [-0.05, 0) is 43.7 Å². The highest BCUT2D eigenvalue weighted by molar-refractivity contribution is 7.89. The van der Waals surface area contributed by atoms with E-state index in [0.29, 0.717) is 11.6 Å². The zero-order valence-corrected chi connectivity index (χ0v) is 13.8. The Hall–Kier alpha value is -0.620. The van der Waals surface area contributed by atoms with Crippen molar-refractivity contribution >= 4 is 21.6 Å². The summed E-state index contributed by atoms with van der Waals surface area (Å²) in [5.41, 5.74) is 0.778. The van der Waals surface area contributed by atoms with Crippen LogP contribution in [0.2, 0.25) is 5.02 Å². The first-order valence-electron chi connectivity index (χ1n) is 6.90. The van der Waals surface area contributed by atoms with Crippen molar-refractivity contribution in [2.24, 2.45) is 0 Å². The van der Waals surface area contributed by atoms with Gasteiger partial charge in [-0.25, -0.2) is 13.1 Å². The molecule has 6 heteroatoms. The van der Waals surface area contributed by atoms with Crippen LogP contribution >= 0.6 is 11.6 Å². The molecule has 0 aromatic heterocycles. The van der Waals surface area contributed by atoms with Gasteiger partial charge < -0.3 is 5.32 Å². The Morgan fingerprint density at radius 1 is 1.30 bits per heavy atom. The maximum absolute atomic E-state index is 12.4. The van der Waals surface area contributed by atoms with E-state index < -0.39 is 10.0 Å². The molecule has 0 amide bonds. The lowest BCUT2D eigenvalue weighted by Gasteiger charge is -2.17. The van der Waals surface area contributed by atoms with Crippen LogP contribution in [-0.2, 0) is 16.6 Å². The largest absolute Gasteiger partial charge is 0.316 e. The van der Waals surface area contributed by atoms with Crippen molar-refractivity contribution in [2.45, 2.75) is 50.6 Å². The van der Waals surface area contributed by atoms with Gasteiger partial charge in [0.25, 0.3) is 0 Å². The van der Waals surface area contributed by atoms with Crippen molar-refractivity contribution < 1.29 is 8.42 Å². The quantitative estimate of drug-likeness (QED) is 0.775. The summed E-state index contributed by atoms with van der Waals surface area (Å²) in [6.45, 7) is 4.57. The summed E-state index contributed by atoms with van der Waals surface area (Å²) in [4.78, 5) is 0.265. The van der Waals surface area contributed by atoms with Gasteiger partial charge in [-0.1, -0.05) is 31.9 Å². The van der Waals surface area contributed by atoms with Gasteiger partial charge in [0.2, 0.25) is 10.0 Å². The molecule has 1 aromatic carbocycles. The number of sulfonamides is 1. The van der Waals surface area contributed by atoms with Gasteiger partial charge in [-0.2, -0.15) is 0 Å². The summed E-state index contributed by atoms with van der Waals surface area (Å²) in [5, 5.41) is 3.54. The Morgan fingerprint density at radius 3 is 2.55 bits per heavy atom. The second kappa shape index (κ2) is 7.98. The van der Waals surface area contributed by atoms with Gasteiger partial charge in [-0.3, -0.25) is 0 Å². The molecule has 1 unspecified atom stereocenters. The minimum atomic E-state index is -3.49. The fourth-order valence-corrected chi connectivity index (χ4v) is 3.61. The molecular weight excluding hydrogens is 296 g/mol. The van der Waals surface area contributed by atoms with Crippen LogP contribution < -0.4 is 10.0 Å². The van der Waals surface area contributed by atoms with Crippen LogP contribution in [0.1, 0.15) is 38.7 Å². The van der Waals surface area contributed by atoms with E-state index in [1.54, 1.807) is 25.2 Å². The first kappa shape index (κ1) is 17.4. The lowest BCUT2D eigenvalue weighted by molar-refractivity contribution is 0.512. The summed E-state index contributed by atoms with van der Waals surface area (Å²) in [6, 6.07) is 4.78. The molecule has 0 aliphatic heterocycles. The first-order valence-corrected chi connectivity index (χ1v) is 8.76. The van der Waals surface area contributed by atoms with Gasteiger partial charge in [0.15, 0.2) is 0 Å². The number of rotatable bonds is 8. The number of hydrogen-bond acceptors (Lipinski definition) is 3. The van der Waals surface area contributed by atoms with E-state index in [4.69, 9.17) is 11.6 Å². The molecule has 0 radical (unpaired) electrons. The van der Waals surface area contributed by atoms with Gasteiger partial charge in [-0.15, -0.1) is 0 Å². The summed E-state index contributed by atoms with van der Waals surface area (Å²) < 4.78 is 27.5. The van der Waals surface area contributed by atoms with Crippen LogP contribution in [0.25, 0.3) is 0 Å². The summed E-state index contributed by atoms with van der Waals surface area (Å²) in [7, 11) is -1.69. The maximum Gasteiger partial charge on any atom is 0.240 e. The first-order chi connectivity index (χ1) is 9.44. The average molecular weight is 319 g/mol. The van der Waals surface area contributed by atoms with Gasteiger partial charge in [0.1, 0.15) is 0 Å². The number of benzene rings is 1. The molecule has 1 rings (SSSR count). The highest BCUT2D eigenvalue weighted by Gasteiger charge is 2.19.